The minimum Gasteiger partial charge on any atom is -0.478 e. The molecule has 1 unspecified atom stereocenters. The molecule has 2 aliphatic rings. The maximum Gasteiger partial charge on any atom is 0.332 e. The van der Waals surface area contributed by atoms with Gasteiger partial charge in [0.2, 0.25) is 0 Å². The Balaban J connectivity index is 1.78. The van der Waals surface area contributed by atoms with E-state index in [1.165, 1.54) is 30.6 Å². The molecule has 150 valence electrons. The van der Waals surface area contributed by atoms with Crippen molar-refractivity contribution < 1.29 is 24.3 Å². The number of nitrogens with two attached hydrogens (primary N) is 1. The molecule has 9 nitrogen and oxygen atoms in total. The molecule has 1 aromatic rings. The molecular weight excluding hydrogens is 424 g/mol. The molecule has 0 spiro atoms. The lowest BCUT2D eigenvalue weighted by Gasteiger charge is -2.46. The highest BCUT2D eigenvalue weighted by Crippen LogP contribution is 2.46. The first-order valence-corrected chi connectivity index (χ1v) is 11.4. The van der Waals surface area contributed by atoms with Crippen LogP contribution < -0.4 is 11.1 Å². The molecule has 0 radical (unpaired) electrons. The number of hydrogen-bond donors (Lipinski definition) is 3. The molecule has 1 amide bonds. The van der Waals surface area contributed by atoms with E-state index in [4.69, 9.17) is 10.6 Å². The van der Waals surface area contributed by atoms with Crippen LogP contribution in [0, 0.1) is 5.92 Å². The summed E-state index contributed by atoms with van der Waals surface area (Å²) in [5, 5.41) is 17.4. The number of nitrogens with zero attached hydrogens (tertiary/aromatic N) is 2. The van der Waals surface area contributed by atoms with Crippen molar-refractivity contribution in [2.45, 2.75) is 11.3 Å². The quantitative estimate of drug-likeness (QED) is 0.409. The Morgan fingerprint density at radius 2 is 2.29 bits per heavy atom. The number of Topliss-reactive ketones (excluding diaryl/α,β-unsaturated/α-hetero) is 1. The minimum absolute atomic E-state index is 0.0930. The van der Waals surface area contributed by atoms with Gasteiger partial charge < -0.3 is 21.0 Å². The third-order valence-corrected chi connectivity index (χ3v) is 7.17. The Morgan fingerprint density at radius 3 is 2.86 bits per heavy atom. The molecule has 1 aliphatic heterocycles. The van der Waals surface area contributed by atoms with Gasteiger partial charge in [0.25, 0.3) is 5.91 Å². The highest BCUT2D eigenvalue weighted by molar-refractivity contribution is 8.00. The fraction of sp³-hybridized carbons (Fsp3) is 0.438. The van der Waals surface area contributed by atoms with E-state index in [9.17, 15) is 19.5 Å². The molecule has 1 aromatic heterocycles. The van der Waals surface area contributed by atoms with Crippen molar-refractivity contribution in [1.29, 1.82) is 0 Å². The van der Waals surface area contributed by atoms with E-state index in [0.717, 1.165) is 16.9 Å². The van der Waals surface area contributed by atoms with Crippen LogP contribution in [0.4, 0.5) is 5.13 Å². The smallest absolute Gasteiger partial charge is 0.332 e. The number of carboxylic acid groups (broad SMARTS) is 1. The number of thiazole rings is 1. The summed E-state index contributed by atoms with van der Waals surface area (Å²) >= 11 is 4.15. The van der Waals surface area contributed by atoms with Crippen LogP contribution in [0.2, 0.25) is 0 Å². The molecule has 1 aliphatic carbocycles. The van der Waals surface area contributed by atoms with Gasteiger partial charge in [-0.05, 0) is 11.8 Å². The third kappa shape index (κ3) is 3.76. The summed E-state index contributed by atoms with van der Waals surface area (Å²) in [5.74, 6) is -1.63. The Kier molecular flexibility index (Phi) is 6.30. The van der Waals surface area contributed by atoms with Crippen molar-refractivity contribution >= 4 is 63.4 Å². The Hall–Kier alpha value is -2.05. The molecule has 12 heteroatoms. The maximum atomic E-state index is 12.7. The summed E-state index contributed by atoms with van der Waals surface area (Å²) in [6, 6.07) is -0.786. The summed E-state index contributed by atoms with van der Waals surface area (Å²) in [6.45, 7) is 0. The topological polar surface area (TPSA) is 144 Å². The van der Waals surface area contributed by atoms with E-state index in [2.05, 4.69) is 15.5 Å². The number of ketones is 1. The number of carboxylic acids is 1. The summed E-state index contributed by atoms with van der Waals surface area (Å²) in [4.78, 5) is 45.8. The predicted molar refractivity (Wildman–Crippen MR) is 110 cm³/mol. The average molecular weight is 443 g/mol. The highest BCUT2D eigenvalue weighted by atomic mass is 32.2. The van der Waals surface area contributed by atoms with Crippen LogP contribution in [0.15, 0.2) is 21.7 Å². The fourth-order valence-electron chi connectivity index (χ4n) is 3.22. The second-order valence-electron chi connectivity index (χ2n) is 6.06. The molecule has 1 fully saturated rings. The summed E-state index contributed by atoms with van der Waals surface area (Å²) in [7, 11) is 1.29. The van der Waals surface area contributed by atoms with Crippen molar-refractivity contribution in [3.05, 3.63) is 22.2 Å². The van der Waals surface area contributed by atoms with Gasteiger partial charge in [-0.15, -0.1) is 11.3 Å². The summed E-state index contributed by atoms with van der Waals surface area (Å²) in [6.07, 6.45) is 1.89. The number of oxime groups is 1. The van der Waals surface area contributed by atoms with Crippen LogP contribution in [0.25, 0.3) is 0 Å². The van der Waals surface area contributed by atoms with Crippen LogP contribution in [-0.4, -0.2) is 69.6 Å². The van der Waals surface area contributed by atoms with Crippen molar-refractivity contribution in [2.75, 3.05) is 30.6 Å². The molecule has 0 saturated heterocycles. The molecular formula is C16H18N4O5S3. The van der Waals surface area contributed by atoms with Crippen molar-refractivity contribution in [1.82, 2.24) is 10.3 Å². The van der Waals surface area contributed by atoms with Gasteiger partial charge in [0.05, 0.1) is 5.92 Å². The number of aromatic nitrogens is 1. The number of thioether (sulfide) groups is 2. The number of fused-ring (bicyclic) bond motifs is 1. The number of carbonyl (C=O) groups excluding carboxylic acids is 2. The number of nitrogens with one attached hydrogen (secondary N) is 1. The first kappa shape index (κ1) is 20.7. The van der Waals surface area contributed by atoms with Crippen LogP contribution in [0.3, 0.4) is 0 Å². The predicted octanol–water partition coefficient (Wildman–Crippen LogP) is 0.619. The Morgan fingerprint density at radius 1 is 1.54 bits per heavy atom. The first-order valence-electron chi connectivity index (χ1n) is 8.11. The van der Waals surface area contributed by atoms with Crippen LogP contribution in [0.1, 0.15) is 5.69 Å². The average Bonchev–Trinajstić information content (AvgIpc) is 3.09. The molecule has 0 aromatic carbocycles. The molecule has 3 rings (SSSR count). The van der Waals surface area contributed by atoms with Gasteiger partial charge in [-0.2, -0.15) is 23.5 Å². The summed E-state index contributed by atoms with van der Waals surface area (Å²) < 4.78 is 0. The molecule has 28 heavy (non-hydrogen) atoms. The first-order chi connectivity index (χ1) is 13.4. The number of carbonyl (C=O) groups is 3. The molecule has 1 saturated carbocycles. The zero-order valence-corrected chi connectivity index (χ0v) is 17.4. The zero-order chi connectivity index (χ0) is 20.4. The Labute approximate surface area is 173 Å². The van der Waals surface area contributed by atoms with E-state index in [0.29, 0.717) is 11.5 Å². The number of nitrogen functional groups attached to an aromatic ring is 1. The number of aliphatic carboxylic acids is 1. The molecule has 2 heterocycles. The maximum absolute atomic E-state index is 12.7. The molecule has 0 bridgehead atoms. The van der Waals surface area contributed by atoms with E-state index in [1.807, 2.05) is 6.26 Å². The lowest BCUT2D eigenvalue weighted by atomic mass is 9.71. The molecule has 3 atom stereocenters. The molecule has 4 N–H and O–H groups in total. The number of rotatable bonds is 7. The van der Waals surface area contributed by atoms with E-state index in [1.54, 1.807) is 5.38 Å². The van der Waals surface area contributed by atoms with Crippen LogP contribution >= 0.6 is 34.9 Å². The standard InChI is InChI=1S/C16H18N4O5S3/c1-25-20-10(7-5-28-16(17)18-7)14(22)19-11-12(21)9-8(15(23)24)6(3-26-2)4-27-13(9)11/h5,9,11,13H,3-4H2,1-2H3,(H2,17,18)(H,19,22)(H,23,24)/b20-10+/t9?,11-,13+/m1/s1. The van der Waals surface area contributed by atoms with Gasteiger partial charge in [-0.3, -0.25) is 9.59 Å². The van der Waals surface area contributed by atoms with Gasteiger partial charge >= 0.3 is 5.97 Å². The van der Waals surface area contributed by atoms with Crippen LogP contribution in [-0.2, 0) is 19.2 Å². The summed E-state index contributed by atoms with van der Waals surface area (Å²) in [5.41, 5.74) is 6.69. The largest absolute Gasteiger partial charge is 0.478 e. The van der Waals surface area contributed by atoms with Gasteiger partial charge in [0.1, 0.15) is 18.8 Å². The fourth-order valence-corrected chi connectivity index (χ4v) is 6.01. The van der Waals surface area contributed by atoms with Gasteiger partial charge in [-0.25, -0.2) is 9.78 Å². The zero-order valence-electron chi connectivity index (χ0n) is 15.0. The SMILES string of the molecule is CO/N=C(/C(=O)N[C@@H]1C(=O)C2C(C(=O)O)=C(CSC)CS[C@@H]21)c1csc(N)n1. The third-order valence-electron chi connectivity index (χ3n) is 4.41. The van der Waals surface area contributed by atoms with E-state index >= 15 is 0 Å². The van der Waals surface area contributed by atoms with Crippen LogP contribution in [0.5, 0.6) is 0 Å². The number of hydrogen-bond acceptors (Lipinski definition) is 10. The number of anilines is 1. The van der Waals surface area contributed by atoms with E-state index in [-0.39, 0.29) is 33.1 Å². The highest BCUT2D eigenvalue weighted by Gasteiger charge is 2.56. The second kappa shape index (κ2) is 8.53. The van der Waals surface area contributed by atoms with E-state index < -0.39 is 23.8 Å². The second-order valence-corrected chi connectivity index (χ2v) is 8.98. The van der Waals surface area contributed by atoms with Crippen molar-refractivity contribution in [2.24, 2.45) is 11.1 Å². The number of amides is 1. The lowest BCUT2D eigenvalue weighted by molar-refractivity contribution is -0.139. The Bertz CT molecular complexity index is 881. The van der Waals surface area contributed by atoms with Crippen molar-refractivity contribution in [3.8, 4) is 0 Å². The lowest BCUT2D eigenvalue weighted by Crippen LogP contribution is -2.66. The van der Waals surface area contributed by atoms with Crippen molar-refractivity contribution in [3.63, 3.8) is 0 Å². The van der Waals surface area contributed by atoms with Gasteiger partial charge in [0, 0.05) is 27.7 Å². The normalized spacial score (nSPS) is 24.4. The monoisotopic (exact) mass is 442 g/mol. The van der Waals surface area contributed by atoms with Gasteiger partial charge in [-0.1, -0.05) is 5.16 Å². The minimum atomic E-state index is -1.07. The van der Waals surface area contributed by atoms with Gasteiger partial charge in [0.15, 0.2) is 16.6 Å².